The van der Waals surface area contributed by atoms with Crippen LogP contribution in [0.25, 0.3) is 0 Å². The van der Waals surface area contributed by atoms with Crippen LogP contribution in [0.4, 0.5) is 0 Å². The van der Waals surface area contributed by atoms with Crippen LogP contribution in [0, 0.1) is 0 Å². The molecule has 2 aliphatic rings. The van der Waals surface area contributed by atoms with Crippen LogP contribution in [-0.4, -0.2) is 129 Å². The van der Waals surface area contributed by atoms with Gasteiger partial charge >= 0.3 is 5.97 Å². The number of carbonyl (C=O) groups is 1. The standard InChI is InChI=1S/C36H66O13/c1-3-4-5-19-22-45-28(39)21-18-16-14-12-10-8-6-7-9-11-13-15-17-20-25(2)46-36-34(32(43)30(41)27(24-38)48-36)49-35-33(44)31(42)29(40)26(23-37)47-35/h6-7,25-27,29-38,40-44H,3-5,8-24H2,1-2H3/b7-6-. The minimum Gasteiger partial charge on any atom is -0.466 e. The highest BCUT2D eigenvalue weighted by molar-refractivity contribution is 5.69. The predicted molar refractivity (Wildman–Crippen MR) is 181 cm³/mol. The van der Waals surface area contributed by atoms with Crippen LogP contribution in [0.2, 0.25) is 0 Å². The highest BCUT2D eigenvalue weighted by Crippen LogP contribution is 2.30. The lowest BCUT2D eigenvalue weighted by molar-refractivity contribution is -0.371. The van der Waals surface area contributed by atoms with Crippen molar-refractivity contribution in [2.24, 2.45) is 0 Å². The smallest absolute Gasteiger partial charge is 0.305 e. The molecule has 7 N–H and O–H groups in total. The van der Waals surface area contributed by atoms with Crippen LogP contribution in [0.1, 0.15) is 123 Å². The first kappa shape index (κ1) is 43.9. The van der Waals surface area contributed by atoms with Gasteiger partial charge in [0.25, 0.3) is 0 Å². The molecule has 2 fully saturated rings. The maximum atomic E-state index is 11.7. The van der Waals surface area contributed by atoms with Gasteiger partial charge in [0.05, 0.1) is 25.9 Å². The first-order chi connectivity index (χ1) is 23.6. The molecule has 0 bridgehead atoms. The second-order valence-corrected chi connectivity index (χ2v) is 13.5. The van der Waals surface area contributed by atoms with Gasteiger partial charge in [-0.25, -0.2) is 0 Å². The molecule has 0 saturated carbocycles. The van der Waals surface area contributed by atoms with Gasteiger partial charge in [0.15, 0.2) is 12.6 Å². The predicted octanol–water partition coefficient (Wildman–Crippen LogP) is 2.77. The number of ether oxygens (including phenoxy) is 5. The van der Waals surface area contributed by atoms with Crippen molar-refractivity contribution in [1.82, 2.24) is 0 Å². The molecule has 11 atom stereocenters. The molecule has 0 radical (unpaired) electrons. The first-order valence-corrected chi connectivity index (χ1v) is 18.7. The monoisotopic (exact) mass is 706 g/mol. The van der Waals surface area contributed by atoms with Gasteiger partial charge in [0.1, 0.15) is 48.8 Å². The molecule has 0 spiro atoms. The van der Waals surface area contributed by atoms with Gasteiger partial charge in [0.2, 0.25) is 0 Å². The van der Waals surface area contributed by atoms with Gasteiger partial charge in [-0.1, -0.05) is 76.9 Å². The third kappa shape index (κ3) is 16.3. The maximum Gasteiger partial charge on any atom is 0.305 e. The number of esters is 1. The number of allylic oxidation sites excluding steroid dienone is 2. The summed E-state index contributed by atoms with van der Waals surface area (Å²) in [6.45, 7) is 3.33. The zero-order valence-corrected chi connectivity index (χ0v) is 29.7. The summed E-state index contributed by atoms with van der Waals surface area (Å²) in [6.07, 6.45) is 6.82. The van der Waals surface area contributed by atoms with Crippen LogP contribution in [0.5, 0.6) is 0 Å². The lowest BCUT2D eigenvalue weighted by atomic mass is 9.97. The molecule has 2 saturated heterocycles. The molecular formula is C36H66O13. The van der Waals surface area contributed by atoms with E-state index >= 15 is 0 Å². The fraction of sp³-hybridized carbons (Fsp3) is 0.917. The lowest BCUT2D eigenvalue weighted by Gasteiger charge is -2.46. The fourth-order valence-corrected chi connectivity index (χ4v) is 6.07. The molecule has 0 aliphatic carbocycles. The van der Waals surface area contributed by atoms with E-state index < -0.39 is 74.6 Å². The topological polar surface area (TPSA) is 205 Å². The zero-order valence-electron chi connectivity index (χ0n) is 29.7. The number of rotatable bonds is 26. The summed E-state index contributed by atoms with van der Waals surface area (Å²) in [7, 11) is 0. The lowest BCUT2D eigenvalue weighted by Crippen LogP contribution is -2.64. The van der Waals surface area contributed by atoms with E-state index in [0.717, 1.165) is 77.0 Å². The third-order valence-electron chi connectivity index (χ3n) is 9.24. The van der Waals surface area contributed by atoms with Crippen LogP contribution in [-0.2, 0) is 28.5 Å². The minimum atomic E-state index is -1.71. The van der Waals surface area contributed by atoms with Gasteiger partial charge < -0.3 is 59.4 Å². The summed E-state index contributed by atoms with van der Waals surface area (Å²) >= 11 is 0. The Balaban J connectivity index is 1.58. The molecule has 0 aromatic carbocycles. The zero-order chi connectivity index (χ0) is 36.0. The number of hydrogen-bond acceptors (Lipinski definition) is 13. The number of unbranched alkanes of at least 4 members (excludes halogenated alkanes) is 12. The number of carbonyl (C=O) groups excluding carboxylic acids is 1. The van der Waals surface area contributed by atoms with E-state index in [-0.39, 0.29) is 12.1 Å². The van der Waals surface area contributed by atoms with E-state index in [1.807, 2.05) is 6.92 Å². The summed E-state index contributed by atoms with van der Waals surface area (Å²) in [5.74, 6) is -0.0631. The second kappa shape index (κ2) is 25.7. The molecule has 288 valence electrons. The SMILES string of the molecule is CCCCCCOC(=O)CCCCCCC/C=C\CCCCCCC(C)OC1OC(CO)C(O)C(O)C1OC1OC(CO)C(O)C(O)C1O. The third-order valence-corrected chi connectivity index (χ3v) is 9.24. The van der Waals surface area contributed by atoms with Crippen LogP contribution in [0.3, 0.4) is 0 Å². The van der Waals surface area contributed by atoms with Crippen LogP contribution in [0.15, 0.2) is 12.2 Å². The maximum absolute atomic E-state index is 11.7. The van der Waals surface area contributed by atoms with E-state index in [4.69, 9.17) is 23.7 Å². The van der Waals surface area contributed by atoms with Crippen molar-refractivity contribution >= 4 is 5.97 Å². The highest BCUT2D eigenvalue weighted by Gasteiger charge is 2.51. The number of aliphatic hydroxyl groups excluding tert-OH is 7. The average molecular weight is 707 g/mol. The van der Waals surface area contributed by atoms with Gasteiger partial charge in [0, 0.05) is 6.42 Å². The molecule has 2 rings (SSSR count). The molecule has 2 aliphatic heterocycles. The quantitative estimate of drug-likeness (QED) is 0.0393. The normalized spacial score (nSPS) is 31.3. The fourth-order valence-electron chi connectivity index (χ4n) is 6.07. The Bertz CT molecular complexity index is 874. The van der Waals surface area contributed by atoms with E-state index in [2.05, 4.69) is 19.1 Å². The van der Waals surface area contributed by atoms with Crippen molar-refractivity contribution in [2.75, 3.05) is 19.8 Å². The molecule has 11 unspecified atom stereocenters. The van der Waals surface area contributed by atoms with Gasteiger partial charge in [-0.15, -0.1) is 0 Å². The Morgan fingerprint density at radius 2 is 1.22 bits per heavy atom. The Kier molecular flexibility index (Phi) is 23.0. The Morgan fingerprint density at radius 1 is 0.673 bits per heavy atom. The molecule has 0 amide bonds. The Hall–Kier alpha value is -1.23. The minimum absolute atomic E-state index is 0.0631. The van der Waals surface area contributed by atoms with E-state index in [9.17, 15) is 40.5 Å². The van der Waals surface area contributed by atoms with E-state index in [1.165, 1.54) is 19.3 Å². The van der Waals surface area contributed by atoms with Crippen molar-refractivity contribution in [3.05, 3.63) is 12.2 Å². The molecule has 0 aromatic heterocycles. The average Bonchev–Trinajstić information content (AvgIpc) is 3.09. The molecule has 13 heteroatoms. The van der Waals surface area contributed by atoms with Crippen molar-refractivity contribution in [2.45, 2.75) is 191 Å². The summed E-state index contributed by atoms with van der Waals surface area (Å²) in [5.41, 5.74) is 0. The van der Waals surface area contributed by atoms with Gasteiger partial charge in [-0.05, 0) is 51.9 Å². The molecule has 0 aromatic rings. The summed E-state index contributed by atoms with van der Waals surface area (Å²) in [5, 5.41) is 70.9. The van der Waals surface area contributed by atoms with E-state index in [1.54, 1.807) is 0 Å². The van der Waals surface area contributed by atoms with Crippen LogP contribution >= 0.6 is 0 Å². The van der Waals surface area contributed by atoms with E-state index in [0.29, 0.717) is 19.4 Å². The van der Waals surface area contributed by atoms with Crippen molar-refractivity contribution in [1.29, 1.82) is 0 Å². The molecular weight excluding hydrogens is 640 g/mol. The highest BCUT2D eigenvalue weighted by atomic mass is 16.8. The largest absolute Gasteiger partial charge is 0.466 e. The molecule has 49 heavy (non-hydrogen) atoms. The van der Waals surface area contributed by atoms with Crippen molar-refractivity contribution in [3.8, 4) is 0 Å². The summed E-state index contributed by atoms with van der Waals surface area (Å²) in [4.78, 5) is 11.7. The number of hydrogen-bond donors (Lipinski definition) is 7. The summed E-state index contributed by atoms with van der Waals surface area (Å²) in [6, 6.07) is 0. The van der Waals surface area contributed by atoms with Crippen LogP contribution < -0.4 is 0 Å². The van der Waals surface area contributed by atoms with Crippen molar-refractivity contribution < 1.29 is 64.2 Å². The second-order valence-electron chi connectivity index (χ2n) is 13.5. The Labute approximate surface area is 292 Å². The Morgan fingerprint density at radius 3 is 1.86 bits per heavy atom. The molecule has 13 nitrogen and oxygen atoms in total. The van der Waals surface area contributed by atoms with Gasteiger partial charge in [-0.3, -0.25) is 4.79 Å². The van der Waals surface area contributed by atoms with Gasteiger partial charge in [-0.2, -0.15) is 0 Å². The molecule has 2 heterocycles. The number of aliphatic hydroxyl groups is 7. The van der Waals surface area contributed by atoms with Crippen molar-refractivity contribution in [3.63, 3.8) is 0 Å². The first-order valence-electron chi connectivity index (χ1n) is 18.7. The summed E-state index contributed by atoms with van der Waals surface area (Å²) < 4.78 is 28.1.